The maximum absolute atomic E-state index is 11.7. The molecule has 20 heavy (non-hydrogen) atoms. The molecule has 1 saturated heterocycles. The minimum Gasteiger partial charge on any atom is -0.493 e. The van der Waals surface area contributed by atoms with Gasteiger partial charge in [0.05, 0.1) is 26.2 Å². The van der Waals surface area contributed by atoms with Gasteiger partial charge in [-0.2, -0.15) is 0 Å². The van der Waals surface area contributed by atoms with E-state index in [4.69, 9.17) is 14.2 Å². The fourth-order valence-corrected chi connectivity index (χ4v) is 3.28. The van der Waals surface area contributed by atoms with Crippen LogP contribution < -0.4 is 14.8 Å². The quantitative estimate of drug-likeness (QED) is 0.839. The number of rotatable bonds is 5. The van der Waals surface area contributed by atoms with Crippen molar-refractivity contribution < 1.29 is 19.0 Å². The summed E-state index contributed by atoms with van der Waals surface area (Å²) in [6.07, 6.45) is 0. The van der Waals surface area contributed by atoms with Crippen LogP contribution in [0.4, 0.5) is 0 Å². The first-order valence-electron chi connectivity index (χ1n) is 6.45. The Morgan fingerprint density at radius 3 is 2.75 bits per heavy atom. The molecule has 1 N–H and O–H groups in total. The number of esters is 1. The Bertz CT molecular complexity index is 480. The van der Waals surface area contributed by atoms with Crippen LogP contribution in [0.1, 0.15) is 17.9 Å². The van der Waals surface area contributed by atoms with E-state index >= 15 is 0 Å². The molecule has 1 aromatic carbocycles. The highest BCUT2D eigenvalue weighted by molar-refractivity contribution is 7.99. The molecule has 1 aromatic rings. The second kappa shape index (κ2) is 6.85. The van der Waals surface area contributed by atoms with Crippen LogP contribution in [0.5, 0.6) is 11.5 Å². The van der Waals surface area contributed by atoms with Crippen molar-refractivity contribution in [2.75, 3.05) is 26.6 Å². The topological polar surface area (TPSA) is 56.8 Å². The molecule has 1 heterocycles. The first-order valence-corrected chi connectivity index (χ1v) is 7.50. The van der Waals surface area contributed by atoms with E-state index in [2.05, 4.69) is 5.32 Å². The number of methoxy groups -OCH3 is 2. The van der Waals surface area contributed by atoms with Gasteiger partial charge in [0.15, 0.2) is 11.5 Å². The maximum Gasteiger partial charge on any atom is 0.324 e. The van der Waals surface area contributed by atoms with E-state index in [0.29, 0.717) is 23.9 Å². The highest BCUT2D eigenvalue weighted by atomic mass is 32.2. The fourth-order valence-electron chi connectivity index (χ4n) is 2.06. The smallest absolute Gasteiger partial charge is 0.324 e. The predicted octanol–water partition coefficient (Wildman–Crippen LogP) is 1.97. The summed E-state index contributed by atoms with van der Waals surface area (Å²) in [4.78, 5) is 11.7. The summed E-state index contributed by atoms with van der Waals surface area (Å²) in [6.45, 7) is 2.22. The van der Waals surface area contributed by atoms with Crippen LogP contribution in [0.15, 0.2) is 18.2 Å². The van der Waals surface area contributed by atoms with Crippen LogP contribution in [0.3, 0.4) is 0 Å². The molecular weight excluding hydrogens is 278 g/mol. The molecule has 0 aromatic heterocycles. The van der Waals surface area contributed by atoms with Crippen molar-refractivity contribution in [3.8, 4) is 11.5 Å². The maximum atomic E-state index is 11.7. The van der Waals surface area contributed by atoms with Gasteiger partial charge in [0.2, 0.25) is 0 Å². The van der Waals surface area contributed by atoms with Crippen molar-refractivity contribution in [1.29, 1.82) is 0 Å². The van der Waals surface area contributed by atoms with Gasteiger partial charge in [-0.15, -0.1) is 11.8 Å². The molecule has 110 valence electrons. The Kier molecular flexibility index (Phi) is 5.14. The SMILES string of the molecule is CCOC(=O)[C@@H]1CS[C@H](c2ccc(OC)c(OC)c2)N1. The summed E-state index contributed by atoms with van der Waals surface area (Å²) >= 11 is 1.68. The van der Waals surface area contributed by atoms with E-state index in [-0.39, 0.29) is 17.4 Å². The lowest BCUT2D eigenvalue weighted by Crippen LogP contribution is -2.35. The lowest BCUT2D eigenvalue weighted by molar-refractivity contribution is -0.144. The molecule has 0 saturated carbocycles. The van der Waals surface area contributed by atoms with Gasteiger partial charge in [0.25, 0.3) is 0 Å². The van der Waals surface area contributed by atoms with Gasteiger partial charge in [0.1, 0.15) is 6.04 Å². The van der Waals surface area contributed by atoms with Crippen LogP contribution >= 0.6 is 11.8 Å². The van der Waals surface area contributed by atoms with Gasteiger partial charge in [-0.3, -0.25) is 10.1 Å². The molecule has 0 amide bonds. The number of carbonyl (C=O) groups excluding carboxylic acids is 1. The number of thioether (sulfide) groups is 1. The van der Waals surface area contributed by atoms with E-state index in [1.165, 1.54) is 0 Å². The number of nitrogens with one attached hydrogen (secondary N) is 1. The third-order valence-electron chi connectivity index (χ3n) is 3.06. The summed E-state index contributed by atoms with van der Waals surface area (Å²) in [5, 5.41) is 3.33. The molecule has 5 nitrogen and oxygen atoms in total. The summed E-state index contributed by atoms with van der Waals surface area (Å²) in [5.74, 6) is 1.90. The monoisotopic (exact) mass is 297 g/mol. The van der Waals surface area contributed by atoms with Gasteiger partial charge in [-0.05, 0) is 24.6 Å². The Morgan fingerprint density at radius 2 is 2.10 bits per heavy atom. The van der Waals surface area contributed by atoms with Crippen LogP contribution in [0.25, 0.3) is 0 Å². The Balaban J connectivity index is 2.08. The average molecular weight is 297 g/mol. The molecule has 1 fully saturated rings. The highest BCUT2D eigenvalue weighted by Gasteiger charge is 2.31. The van der Waals surface area contributed by atoms with E-state index < -0.39 is 0 Å². The van der Waals surface area contributed by atoms with Gasteiger partial charge in [-0.25, -0.2) is 0 Å². The van der Waals surface area contributed by atoms with Crippen molar-refractivity contribution in [1.82, 2.24) is 5.32 Å². The molecule has 2 atom stereocenters. The first-order chi connectivity index (χ1) is 9.69. The molecular formula is C14H19NO4S. The first kappa shape index (κ1) is 15.0. The van der Waals surface area contributed by atoms with Crippen molar-refractivity contribution in [3.63, 3.8) is 0 Å². The summed E-state index contributed by atoms with van der Waals surface area (Å²) in [6, 6.07) is 5.52. The molecule has 2 rings (SSSR count). The Morgan fingerprint density at radius 1 is 1.35 bits per heavy atom. The number of carbonyl (C=O) groups is 1. The van der Waals surface area contributed by atoms with Crippen molar-refractivity contribution in [2.45, 2.75) is 18.3 Å². The predicted molar refractivity (Wildman–Crippen MR) is 78.3 cm³/mol. The van der Waals surface area contributed by atoms with Gasteiger partial charge < -0.3 is 14.2 Å². The summed E-state index contributed by atoms with van der Waals surface area (Å²) in [5.41, 5.74) is 1.06. The van der Waals surface area contributed by atoms with Crippen LogP contribution in [0.2, 0.25) is 0 Å². The minimum absolute atomic E-state index is 0.0595. The minimum atomic E-state index is -0.252. The van der Waals surface area contributed by atoms with Crippen LogP contribution in [0, 0.1) is 0 Å². The third kappa shape index (κ3) is 3.19. The number of benzene rings is 1. The van der Waals surface area contributed by atoms with Crippen molar-refractivity contribution >= 4 is 17.7 Å². The normalized spacial score (nSPS) is 21.6. The van der Waals surface area contributed by atoms with Gasteiger partial charge >= 0.3 is 5.97 Å². The zero-order chi connectivity index (χ0) is 14.5. The Labute approximate surface area is 123 Å². The van der Waals surface area contributed by atoms with Crippen molar-refractivity contribution in [2.24, 2.45) is 0 Å². The Hall–Kier alpha value is -1.40. The second-order valence-corrected chi connectivity index (χ2v) is 5.44. The zero-order valence-electron chi connectivity index (χ0n) is 11.8. The fraction of sp³-hybridized carbons (Fsp3) is 0.500. The van der Waals surface area contributed by atoms with Gasteiger partial charge in [-0.1, -0.05) is 6.07 Å². The molecule has 0 spiro atoms. The molecule has 0 radical (unpaired) electrons. The number of ether oxygens (including phenoxy) is 3. The van der Waals surface area contributed by atoms with E-state index in [0.717, 1.165) is 5.56 Å². The summed E-state index contributed by atoms with van der Waals surface area (Å²) in [7, 11) is 3.22. The lowest BCUT2D eigenvalue weighted by atomic mass is 10.2. The molecule has 1 aliphatic rings. The van der Waals surface area contributed by atoms with Crippen LogP contribution in [-0.2, 0) is 9.53 Å². The van der Waals surface area contributed by atoms with E-state index in [1.807, 2.05) is 25.1 Å². The highest BCUT2D eigenvalue weighted by Crippen LogP contribution is 2.37. The zero-order valence-corrected chi connectivity index (χ0v) is 12.7. The molecule has 0 bridgehead atoms. The molecule has 0 aliphatic carbocycles. The standard InChI is InChI=1S/C14H19NO4S/c1-4-19-14(16)10-8-20-13(15-10)9-5-6-11(17-2)12(7-9)18-3/h5-7,10,13,15H,4,8H2,1-3H3/t10-,13+/m0/s1. The van der Waals surface area contributed by atoms with Gasteiger partial charge in [0, 0.05) is 5.75 Å². The average Bonchev–Trinajstić information content (AvgIpc) is 2.96. The van der Waals surface area contributed by atoms with E-state index in [1.54, 1.807) is 26.0 Å². The largest absolute Gasteiger partial charge is 0.493 e. The van der Waals surface area contributed by atoms with Crippen molar-refractivity contribution in [3.05, 3.63) is 23.8 Å². The molecule has 1 aliphatic heterocycles. The number of hydrogen-bond acceptors (Lipinski definition) is 6. The lowest BCUT2D eigenvalue weighted by Gasteiger charge is -2.15. The molecule has 6 heteroatoms. The molecule has 0 unspecified atom stereocenters. The summed E-state index contributed by atoms with van der Waals surface area (Å²) < 4.78 is 15.5. The second-order valence-electron chi connectivity index (χ2n) is 4.30. The van der Waals surface area contributed by atoms with E-state index in [9.17, 15) is 4.79 Å². The number of hydrogen-bond donors (Lipinski definition) is 1. The van der Waals surface area contributed by atoms with Crippen LogP contribution in [-0.4, -0.2) is 38.6 Å². The third-order valence-corrected chi connectivity index (χ3v) is 4.33.